The molecular formula is C13H17BrClNO. The Hall–Kier alpha value is -0.280. The van der Waals surface area contributed by atoms with Gasteiger partial charge in [-0.25, -0.2) is 4.98 Å². The molecule has 0 N–H and O–H groups in total. The monoisotopic (exact) mass is 317 g/mol. The van der Waals surface area contributed by atoms with Crippen LogP contribution in [0.4, 0.5) is 0 Å². The first-order valence-electron chi connectivity index (χ1n) is 6.04. The number of pyridine rings is 1. The van der Waals surface area contributed by atoms with Crippen LogP contribution in [-0.4, -0.2) is 11.1 Å². The third-order valence-electron chi connectivity index (χ3n) is 3.60. The number of ether oxygens (including phenoxy) is 1. The number of nitrogens with zero attached hydrogens (tertiary/aromatic N) is 1. The Morgan fingerprint density at radius 1 is 1.35 bits per heavy atom. The second-order valence-corrected chi connectivity index (χ2v) is 6.24. The highest BCUT2D eigenvalue weighted by Gasteiger charge is 2.26. The third kappa shape index (κ3) is 3.35. The van der Waals surface area contributed by atoms with Crippen LogP contribution >= 0.6 is 27.5 Å². The molecule has 4 heteroatoms. The van der Waals surface area contributed by atoms with Gasteiger partial charge in [0, 0.05) is 6.20 Å². The van der Waals surface area contributed by atoms with Crippen molar-refractivity contribution in [2.24, 2.45) is 11.8 Å². The molecule has 2 nitrogen and oxygen atoms in total. The lowest BCUT2D eigenvalue weighted by atomic mass is 9.80. The van der Waals surface area contributed by atoms with Gasteiger partial charge in [0.25, 0.3) is 0 Å². The molecule has 1 heterocycles. The van der Waals surface area contributed by atoms with E-state index in [-0.39, 0.29) is 6.10 Å². The number of hydrogen-bond donors (Lipinski definition) is 0. The summed E-state index contributed by atoms with van der Waals surface area (Å²) >= 11 is 9.28. The van der Waals surface area contributed by atoms with Crippen LogP contribution in [0, 0.1) is 11.8 Å². The molecule has 1 aliphatic rings. The van der Waals surface area contributed by atoms with Gasteiger partial charge < -0.3 is 4.74 Å². The molecule has 1 aromatic rings. The molecule has 2 rings (SSSR count). The first-order chi connectivity index (χ1) is 8.06. The van der Waals surface area contributed by atoms with Crippen molar-refractivity contribution in [1.82, 2.24) is 4.98 Å². The predicted molar refractivity (Wildman–Crippen MR) is 73.5 cm³/mol. The highest BCUT2D eigenvalue weighted by molar-refractivity contribution is 9.10. The van der Waals surface area contributed by atoms with E-state index in [0.717, 1.165) is 29.2 Å². The van der Waals surface area contributed by atoms with Crippen LogP contribution in [0.3, 0.4) is 0 Å². The molecule has 1 fully saturated rings. The maximum atomic E-state index is 5.94. The molecule has 0 radical (unpaired) electrons. The summed E-state index contributed by atoms with van der Waals surface area (Å²) in [6.07, 6.45) is 5.36. The molecular weight excluding hydrogens is 302 g/mol. The van der Waals surface area contributed by atoms with Crippen molar-refractivity contribution >= 4 is 27.5 Å². The van der Waals surface area contributed by atoms with Crippen molar-refractivity contribution in [1.29, 1.82) is 0 Å². The van der Waals surface area contributed by atoms with Gasteiger partial charge in [0.2, 0.25) is 5.88 Å². The summed E-state index contributed by atoms with van der Waals surface area (Å²) in [4.78, 5) is 4.21. The van der Waals surface area contributed by atoms with E-state index in [1.54, 1.807) is 6.20 Å². The van der Waals surface area contributed by atoms with Crippen LogP contribution in [0.2, 0.25) is 5.02 Å². The van der Waals surface area contributed by atoms with Gasteiger partial charge in [-0.05, 0) is 53.1 Å². The zero-order chi connectivity index (χ0) is 12.4. The Morgan fingerprint density at radius 2 is 2.12 bits per heavy atom. The van der Waals surface area contributed by atoms with Gasteiger partial charge in [-0.15, -0.1) is 0 Å². The van der Waals surface area contributed by atoms with Crippen molar-refractivity contribution in [3.05, 3.63) is 21.8 Å². The van der Waals surface area contributed by atoms with Crippen molar-refractivity contribution < 1.29 is 4.74 Å². The summed E-state index contributed by atoms with van der Waals surface area (Å²) in [7, 11) is 0. The topological polar surface area (TPSA) is 22.1 Å². The van der Waals surface area contributed by atoms with Gasteiger partial charge in [-0.3, -0.25) is 0 Å². The molecule has 0 aliphatic heterocycles. The normalized spacial score (nSPS) is 29.1. The first-order valence-corrected chi connectivity index (χ1v) is 7.21. The van der Waals surface area contributed by atoms with Gasteiger partial charge >= 0.3 is 0 Å². The zero-order valence-electron chi connectivity index (χ0n) is 10.1. The Labute approximate surface area is 116 Å². The van der Waals surface area contributed by atoms with Crippen LogP contribution in [0.15, 0.2) is 16.7 Å². The highest BCUT2D eigenvalue weighted by atomic mass is 79.9. The molecule has 17 heavy (non-hydrogen) atoms. The van der Waals surface area contributed by atoms with Crippen LogP contribution in [-0.2, 0) is 0 Å². The van der Waals surface area contributed by atoms with E-state index >= 15 is 0 Å². The molecule has 1 aliphatic carbocycles. The maximum Gasteiger partial charge on any atom is 0.228 e. The average Bonchev–Trinajstić information content (AvgIpc) is 2.27. The van der Waals surface area contributed by atoms with E-state index in [0.29, 0.717) is 10.9 Å². The van der Waals surface area contributed by atoms with Gasteiger partial charge in [0.15, 0.2) is 0 Å². The lowest BCUT2D eigenvalue weighted by molar-refractivity contribution is 0.0957. The van der Waals surface area contributed by atoms with E-state index in [9.17, 15) is 0 Å². The SMILES string of the molecule is CC1CCC(Oc2ncc(Cl)cc2Br)CC1C. The Morgan fingerprint density at radius 3 is 2.76 bits per heavy atom. The summed E-state index contributed by atoms with van der Waals surface area (Å²) in [5.74, 6) is 2.18. The van der Waals surface area contributed by atoms with E-state index in [1.165, 1.54) is 6.42 Å². The van der Waals surface area contributed by atoms with Crippen molar-refractivity contribution in [2.45, 2.75) is 39.2 Å². The molecule has 94 valence electrons. The van der Waals surface area contributed by atoms with E-state index < -0.39 is 0 Å². The third-order valence-corrected chi connectivity index (χ3v) is 4.38. The molecule has 0 aromatic carbocycles. The Bertz CT molecular complexity index is 399. The van der Waals surface area contributed by atoms with Gasteiger partial charge in [-0.2, -0.15) is 0 Å². The van der Waals surface area contributed by atoms with Gasteiger partial charge in [0.05, 0.1) is 9.50 Å². The highest BCUT2D eigenvalue weighted by Crippen LogP contribution is 2.33. The fourth-order valence-corrected chi connectivity index (χ4v) is 2.98. The second-order valence-electron chi connectivity index (χ2n) is 4.95. The van der Waals surface area contributed by atoms with Gasteiger partial charge in [-0.1, -0.05) is 25.4 Å². The van der Waals surface area contributed by atoms with Crippen molar-refractivity contribution in [2.75, 3.05) is 0 Å². The van der Waals surface area contributed by atoms with Crippen molar-refractivity contribution in [3.8, 4) is 5.88 Å². The fraction of sp³-hybridized carbons (Fsp3) is 0.615. The molecule has 1 saturated carbocycles. The predicted octanol–water partition coefficient (Wildman–Crippen LogP) is 4.70. The maximum absolute atomic E-state index is 5.94. The summed E-state index contributed by atoms with van der Waals surface area (Å²) in [5.41, 5.74) is 0. The van der Waals surface area contributed by atoms with Crippen LogP contribution < -0.4 is 4.74 Å². The molecule has 3 atom stereocenters. The van der Waals surface area contributed by atoms with E-state index in [2.05, 4.69) is 34.8 Å². The first kappa shape index (κ1) is 13.2. The van der Waals surface area contributed by atoms with Crippen LogP contribution in [0.25, 0.3) is 0 Å². The Balaban J connectivity index is 2.01. The summed E-state index contributed by atoms with van der Waals surface area (Å²) in [5, 5.41) is 0.620. The summed E-state index contributed by atoms with van der Waals surface area (Å²) < 4.78 is 6.77. The largest absolute Gasteiger partial charge is 0.474 e. The molecule has 0 spiro atoms. The molecule has 0 saturated heterocycles. The quantitative estimate of drug-likeness (QED) is 0.788. The van der Waals surface area contributed by atoms with Crippen LogP contribution in [0.1, 0.15) is 33.1 Å². The molecule has 1 aromatic heterocycles. The molecule has 3 unspecified atom stereocenters. The minimum atomic E-state index is 0.283. The number of hydrogen-bond acceptors (Lipinski definition) is 2. The summed E-state index contributed by atoms with van der Waals surface area (Å²) in [6, 6.07) is 1.82. The zero-order valence-corrected chi connectivity index (χ0v) is 12.5. The lowest BCUT2D eigenvalue weighted by Gasteiger charge is -2.32. The standard InChI is InChI=1S/C13H17BrClNO/c1-8-3-4-11(5-9(8)2)17-13-12(14)6-10(15)7-16-13/h6-9,11H,3-5H2,1-2H3. The van der Waals surface area contributed by atoms with E-state index in [1.807, 2.05) is 6.07 Å². The fourth-order valence-electron chi connectivity index (χ4n) is 2.25. The summed E-state index contributed by atoms with van der Waals surface area (Å²) in [6.45, 7) is 4.61. The smallest absolute Gasteiger partial charge is 0.228 e. The van der Waals surface area contributed by atoms with Crippen molar-refractivity contribution in [3.63, 3.8) is 0 Å². The molecule has 0 amide bonds. The Kier molecular flexibility index (Phi) is 4.31. The number of rotatable bonds is 2. The van der Waals surface area contributed by atoms with Crippen LogP contribution in [0.5, 0.6) is 5.88 Å². The number of halogens is 2. The molecule has 0 bridgehead atoms. The lowest BCUT2D eigenvalue weighted by Crippen LogP contribution is -2.29. The second kappa shape index (κ2) is 5.57. The average molecular weight is 319 g/mol. The minimum absolute atomic E-state index is 0.283. The number of aromatic nitrogens is 1. The minimum Gasteiger partial charge on any atom is -0.474 e. The van der Waals surface area contributed by atoms with Gasteiger partial charge in [0.1, 0.15) is 6.10 Å². The van der Waals surface area contributed by atoms with E-state index in [4.69, 9.17) is 16.3 Å².